The predicted octanol–water partition coefficient (Wildman–Crippen LogP) is 4.68. The number of carbonyl (C=O) groups is 1. The maximum Gasteiger partial charge on any atom is 0.258 e. The number of aliphatic hydroxyl groups is 2. The summed E-state index contributed by atoms with van der Waals surface area (Å²) in [5, 5.41) is 23.0. The molecule has 2 aliphatic heterocycles. The zero-order valence-corrected chi connectivity index (χ0v) is 22.3. The van der Waals surface area contributed by atoms with Crippen LogP contribution in [0.25, 0.3) is 0 Å². The molecule has 1 amide bonds. The molecule has 3 radical (unpaired) electrons. The van der Waals surface area contributed by atoms with E-state index in [1.807, 2.05) is 4.90 Å². The molecule has 0 bridgehead atoms. The molecule has 193 valence electrons. The predicted molar refractivity (Wildman–Crippen MR) is 132 cm³/mol. The van der Waals surface area contributed by atoms with Crippen molar-refractivity contribution in [2.24, 2.45) is 44.8 Å². The highest BCUT2D eigenvalue weighted by Gasteiger charge is 2.85. The van der Waals surface area contributed by atoms with E-state index in [2.05, 4.69) is 34.6 Å². The molecule has 7 fully saturated rings. The van der Waals surface area contributed by atoms with Gasteiger partial charge in [-0.15, -0.1) is 0 Å². The van der Waals surface area contributed by atoms with E-state index in [0.29, 0.717) is 29.8 Å². The van der Waals surface area contributed by atoms with Gasteiger partial charge in [0, 0.05) is 24.4 Å². The Morgan fingerprint density at radius 3 is 2.49 bits per heavy atom. The lowest BCUT2D eigenvalue weighted by Crippen LogP contribution is -2.58. The van der Waals surface area contributed by atoms with E-state index in [9.17, 15) is 15.0 Å². The lowest BCUT2D eigenvalue weighted by Gasteiger charge is -2.63. The van der Waals surface area contributed by atoms with E-state index in [1.165, 1.54) is 12.8 Å². The molecule has 2 saturated heterocycles. The summed E-state index contributed by atoms with van der Waals surface area (Å²) in [6.07, 6.45) is 10.0. The first-order chi connectivity index (χ1) is 16.4. The van der Waals surface area contributed by atoms with E-state index in [0.717, 1.165) is 57.7 Å². The first-order valence-electron chi connectivity index (χ1n) is 14.4. The molecule has 1 unspecified atom stereocenters. The number of ether oxygens (including phenoxy) is 1. The van der Waals surface area contributed by atoms with Crippen molar-refractivity contribution < 1.29 is 19.7 Å². The molecule has 2 N–H and O–H groups in total. The van der Waals surface area contributed by atoms with Crippen molar-refractivity contribution in [3.8, 4) is 0 Å². The topological polar surface area (TPSA) is 70.0 Å². The smallest absolute Gasteiger partial charge is 0.258 e. The van der Waals surface area contributed by atoms with Crippen LogP contribution in [0.4, 0.5) is 0 Å². The van der Waals surface area contributed by atoms with Gasteiger partial charge < -0.3 is 19.8 Å². The van der Waals surface area contributed by atoms with Gasteiger partial charge in [-0.25, -0.2) is 0 Å². The van der Waals surface area contributed by atoms with Gasteiger partial charge in [0.2, 0.25) is 0 Å². The molecule has 2 heterocycles. The van der Waals surface area contributed by atoms with Crippen LogP contribution in [0.15, 0.2) is 0 Å². The van der Waals surface area contributed by atoms with Crippen LogP contribution < -0.4 is 0 Å². The van der Waals surface area contributed by atoms with Crippen molar-refractivity contribution in [3.63, 3.8) is 0 Å². The van der Waals surface area contributed by atoms with Crippen LogP contribution >= 0.6 is 0 Å². The molecule has 7 aliphatic rings. The second kappa shape index (κ2) is 6.86. The number of rotatable bonds is 1. The molecule has 5 aliphatic carbocycles. The van der Waals surface area contributed by atoms with Crippen LogP contribution in [0.5, 0.6) is 0 Å². The van der Waals surface area contributed by atoms with Gasteiger partial charge in [0.15, 0.2) is 6.10 Å². The summed E-state index contributed by atoms with van der Waals surface area (Å²) in [5.41, 5.74) is 0.129. The maximum atomic E-state index is 13.1. The van der Waals surface area contributed by atoms with Gasteiger partial charge in [0.05, 0.1) is 12.2 Å². The number of hydrogen-bond donors (Lipinski definition) is 2. The lowest BCUT2D eigenvalue weighted by molar-refractivity contribution is -0.143. The fourth-order valence-corrected chi connectivity index (χ4v) is 11.2. The Morgan fingerprint density at radius 2 is 1.80 bits per heavy atom. The average molecular weight is 483 g/mol. The Hall–Kier alpha value is -0.650. The third-order valence-electron chi connectivity index (χ3n) is 13.4. The number of nitrogens with zero attached hydrogens (tertiary/aromatic N) is 1. The van der Waals surface area contributed by atoms with Gasteiger partial charge in [-0.05, 0) is 97.2 Å². The summed E-state index contributed by atoms with van der Waals surface area (Å²) in [6, 6.07) is 0. The normalized spacial score (nSPS) is 55.2. The summed E-state index contributed by atoms with van der Waals surface area (Å²) in [7, 11) is 0. The van der Waals surface area contributed by atoms with Gasteiger partial charge in [-0.3, -0.25) is 4.79 Å². The molecule has 35 heavy (non-hydrogen) atoms. The standard InChI is InChI=1S/C30H44NO4/c1-17-15-18(25(34)31-13-6-14-31)35-23-22(17)27(4)11-12-30-16-29(30)10-9-21(32)26(2,3)19(29)7-8-20(30)28(27,5)24(23)33/h17,19,21-22,24,32-33H,6-16H2,1-5H3/t17-,19+,21?,22+,24+,27-,28-,29-,30+/m1/s1. The van der Waals surface area contributed by atoms with E-state index in [1.54, 1.807) is 5.92 Å². The van der Waals surface area contributed by atoms with E-state index in [-0.39, 0.29) is 39.6 Å². The molecule has 9 atom stereocenters. The summed E-state index contributed by atoms with van der Waals surface area (Å²) < 4.78 is 6.46. The second-order valence-corrected chi connectivity index (χ2v) is 14.6. The lowest BCUT2D eigenvalue weighted by atomic mass is 9.41. The Balaban J connectivity index is 1.24. The van der Waals surface area contributed by atoms with E-state index < -0.39 is 6.10 Å². The maximum absolute atomic E-state index is 13.1. The number of hydrogen-bond acceptors (Lipinski definition) is 4. The third-order valence-corrected chi connectivity index (χ3v) is 13.4. The molecular weight excluding hydrogens is 438 g/mol. The molecule has 5 saturated carbocycles. The van der Waals surface area contributed by atoms with Crippen molar-refractivity contribution in [2.75, 3.05) is 13.1 Å². The first kappa shape index (κ1) is 23.5. The van der Waals surface area contributed by atoms with Crippen molar-refractivity contribution in [3.05, 3.63) is 18.1 Å². The molecular formula is C30H44NO4. The van der Waals surface area contributed by atoms with Crippen LogP contribution in [0.2, 0.25) is 0 Å². The van der Waals surface area contributed by atoms with Crippen LogP contribution in [0.1, 0.15) is 92.4 Å². The fourth-order valence-electron chi connectivity index (χ4n) is 11.2. The molecule has 0 aromatic carbocycles. The van der Waals surface area contributed by atoms with Gasteiger partial charge in [0.25, 0.3) is 5.91 Å². The summed E-state index contributed by atoms with van der Waals surface area (Å²) in [6.45, 7) is 13.3. The Kier molecular flexibility index (Phi) is 4.60. The molecule has 0 aromatic heterocycles. The van der Waals surface area contributed by atoms with Crippen molar-refractivity contribution in [1.82, 2.24) is 4.90 Å². The minimum absolute atomic E-state index is 0.0370. The summed E-state index contributed by atoms with van der Waals surface area (Å²) in [5.74, 6) is 2.71. The largest absolute Gasteiger partial charge is 0.393 e. The van der Waals surface area contributed by atoms with Crippen LogP contribution in [0, 0.1) is 63.0 Å². The zero-order chi connectivity index (χ0) is 24.8. The number of likely N-dealkylation sites (tertiary alicyclic amines) is 1. The zero-order valence-electron chi connectivity index (χ0n) is 22.3. The van der Waals surface area contributed by atoms with Crippen molar-refractivity contribution in [1.29, 1.82) is 0 Å². The summed E-state index contributed by atoms with van der Waals surface area (Å²) in [4.78, 5) is 15.0. The molecule has 7 rings (SSSR count). The number of aliphatic hydroxyl groups excluding tert-OH is 2. The van der Waals surface area contributed by atoms with Gasteiger partial charge in [0.1, 0.15) is 6.10 Å². The van der Waals surface area contributed by atoms with Crippen molar-refractivity contribution in [2.45, 2.75) is 105 Å². The number of carbonyl (C=O) groups excluding carboxylic acids is 1. The average Bonchev–Trinajstić information content (AvgIpc) is 3.40. The summed E-state index contributed by atoms with van der Waals surface area (Å²) >= 11 is 0. The number of amides is 1. The van der Waals surface area contributed by atoms with Crippen LogP contribution in [-0.4, -0.2) is 46.3 Å². The first-order valence-corrected chi connectivity index (χ1v) is 14.4. The third kappa shape index (κ3) is 2.46. The second-order valence-electron chi connectivity index (χ2n) is 14.6. The highest BCUT2D eigenvalue weighted by molar-refractivity contribution is 5.89. The number of fused-ring (bicyclic) bond motifs is 4. The Labute approximate surface area is 211 Å². The highest BCUT2D eigenvalue weighted by atomic mass is 16.5. The highest BCUT2D eigenvalue weighted by Crippen LogP contribution is 2.90. The van der Waals surface area contributed by atoms with Gasteiger partial charge in [-0.2, -0.15) is 0 Å². The SMILES string of the molecule is C[C@@H]1C[C](C(=O)N2CCC2)O[C]2[C@H]1[C@@]1(C)CC[C@@]34C[C@@]35CCC(O)C(C)(C)[C@@H]5CC[C]4[C@]1(C)[C@H]2O. The Morgan fingerprint density at radius 1 is 1.06 bits per heavy atom. The molecule has 5 heteroatoms. The quantitative estimate of drug-likeness (QED) is 0.569. The van der Waals surface area contributed by atoms with Gasteiger partial charge >= 0.3 is 0 Å². The van der Waals surface area contributed by atoms with E-state index >= 15 is 0 Å². The van der Waals surface area contributed by atoms with Crippen molar-refractivity contribution >= 4 is 5.91 Å². The minimum Gasteiger partial charge on any atom is -0.393 e. The van der Waals surface area contributed by atoms with E-state index in [4.69, 9.17) is 4.74 Å². The molecule has 5 nitrogen and oxygen atoms in total. The van der Waals surface area contributed by atoms with Crippen LogP contribution in [0.3, 0.4) is 0 Å². The Bertz CT molecular complexity index is 947. The van der Waals surface area contributed by atoms with Gasteiger partial charge in [-0.1, -0.05) is 34.6 Å². The monoisotopic (exact) mass is 482 g/mol. The minimum atomic E-state index is -0.650. The molecule has 2 spiro atoms. The fraction of sp³-hybridized carbons (Fsp3) is 0.867. The van der Waals surface area contributed by atoms with Crippen LogP contribution in [-0.2, 0) is 9.53 Å². The molecule has 0 aromatic rings.